The third-order valence-electron chi connectivity index (χ3n) is 4.86. The molecule has 0 unspecified atom stereocenters. The summed E-state index contributed by atoms with van der Waals surface area (Å²) in [6.45, 7) is 2.14. The summed E-state index contributed by atoms with van der Waals surface area (Å²) >= 11 is 5.21. The second-order valence-electron chi connectivity index (χ2n) is 6.93. The largest absolute Gasteiger partial charge is 0.493 e. The van der Waals surface area contributed by atoms with Crippen LogP contribution >= 0.6 is 11.6 Å². The van der Waals surface area contributed by atoms with Crippen LogP contribution in [0.5, 0.6) is 11.5 Å². The molecule has 0 aromatic heterocycles. The van der Waals surface area contributed by atoms with Crippen molar-refractivity contribution in [1.82, 2.24) is 0 Å². The molecule has 1 fully saturated rings. The zero-order valence-electron chi connectivity index (χ0n) is 15.7. The van der Waals surface area contributed by atoms with Gasteiger partial charge in [0.15, 0.2) is 17.3 Å². The summed E-state index contributed by atoms with van der Waals surface area (Å²) in [5.41, 5.74) is -1.61. The Kier molecular flexibility index (Phi) is 6.37. The Balaban J connectivity index is 2.22. The van der Waals surface area contributed by atoms with Crippen LogP contribution in [-0.2, 0) is 16.1 Å². The van der Waals surface area contributed by atoms with E-state index in [-0.39, 0.29) is 0 Å². The van der Waals surface area contributed by atoms with Crippen molar-refractivity contribution in [2.24, 2.45) is 17.3 Å². The molecule has 1 aromatic carbocycles. The van der Waals surface area contributed by atoms with E-state index in [0.717, 1.165) is 14.2 Å². The van der Waals surface area contributed by atoms with Crippen molar-refractivity contribution in [3.8, 4) is 11.5 Å². The van der Waals surface area contributed by atoms with Gasteiger partial charge in [-0.05, 0) is 11.3 Å². The Morgan fingerprint density at radius 3 is 2.10 bits per heavy atom. The van der Waals surface area contributed by atoms with Crippen LogP contribution in [0, 0.1) is 34.7 Å². The molecule has 0 N–H and O–H groups in total. The van der Waals surface area contributed by atoms with Gasteiger partial charge in [-0.1, -0.05) is 31.5 Å². The van der Waals surface area contributed by atoms with Gasteiger partial charge in [-0.2, -0.15) is 22.0 Å². The molecule has 1 saturated carbocycles. The quantitative estimate of drug-likeness (QED) is 0.345. The van der Waals surface area contributed by atoms with Crippen molar-refractivity contribution in [2.75, 3.05) is 14.2 Å². The van der Waals surface area contributed by atoms with Crippen LogP contribution in [0.1, 0.15) is 19.4 Å². The molecule has 162 valence electrons. The van der Waals surface area contributed by atoms with Gasteiger partial charge in [-0.3, -0.25) is 4.79 Å². The highest BCUT2D eigenvalue weighted by Gasteiger charge is 2.62. The number of carbonyl (C=O) groups is 1. The lowest BCUT2D eigenvalue weighted by Crippen LogP contribution is -2.13. The maximum absolute atomic E-state index is 14.2. The summed E-state index contributed by atoms with van der Waals surface area (Å²) in [4.78, 5) is 12.3. The molecule has 2 rings (SSSR count). The molecule has 0 heterocycles. The Bertz CT molecular complexity index is 850. The maximum atomic E-state index is 14.2. The van der Waals surface area contributed by atoms with E-state index in [2.05, 4.69) is 4.74 Å². The fraction of sp³-hybridized carbons (Fsp3) is 0.500. The summed E-state index contributed by atoms with van der Waals surface area (Å²) in [6.07, 6.45) is -4.05. The van der Waals surface area contributed by atoms with Gasteiger partial charge in [0.1, 0.15) is 11.6 Å². The van der Waals surface area contributed by atoms with Gasteiger partial charge in [0, 0.05) is 0 Å². The Morgan fingerprint density at radius 2 is 1.62 bits per heavy atom. The molecule has 2 atom stereocenters. The first-order valence-corrected chi connectivity index (χ1v) is 8.55. The van der Waals surface area contributed by atoms with Crippen LogP contribution in [-0.4, -0.2) is 26.4 Å². The van der Waals surface area contributed by atoms with E-state index in [1.807, 2.05) is 0 Å². The molecule has 0 amide bonds. The number of rotatable bonds is 6. The average Bonchev–Trinajstić information content (AvgIpc) is 3.16. The number of methoxy groups -OCH3 is 2. The second-order valence-corrected chi connectivity index (χ2v) is 7.34. The second kappa shape index (κ2) is 7.97. The molecule has 0 radical (unpaired) electrons. The van der Waals surface area contributed by atoms with E-state index >= 15 is 0 Å². The summed E-state index contributed by atoms with van der Waals surface area (Å²) < 4.78 is 94.2. The number of benzene rings is 1. The van der Waals surface area contributed by atoms with Gasteiger partial charge in [0.2, 0.25) is 11.6 Å². The van der Waals surface area contributed by atoms with Crippen molar-refractivity contribution in [3.05, 3.63) is 34.1 Å². The van der Waals surface area contributed by atoms with Gasteiger partial charge in [0.05, 0.1) is 25.7 Å². The third kappa shape index (κ3) is 4.26. The molecule has 11 heteroatoms. The molecular formula is C18H17ClF6O4. The molecule has 0 saturated heterocycles. The first-order valence-electron chi connectivity index (χ1n) is 8.17. The van der Waals surface area contributed by atoms with Crippen LogP contribution in [0.25, 0.3) is 0 Å². The number of ether oxygens (including phenoxy) is 3. The topological polar surface area (TPSA) is 44.8 Å². The number of halogens is 7. The molecule has 1 aliphatic carbocycles. The first kappa shape index (κ1) is 23.2. The highest BCUT2D eigenvalue weighted by atomic mass is 35.5. The summed E-state index contributed by atoms with van der Waals surface area (Å²) in [5.74, 6) is -9.09. The van der Waals surface area contributed by atoms with E-state index in [1.165, 1.54) is 13.8 Å². The number of allylic oxidation sites excluding steroid dienone is 2. The van der Waals surface area contributed by atoms with Crippen LogP contribution in [0.2, 0.25) is 0 Å². The van der Waals surface area contributed by atoms with Crippen molar-refractivity contribution >= 4 is 17.6 Å². The van der Waals surface area contributed by atoms with Gasteiger partial charge < -0.3 is 14.2 Å². The van der Waals surface area contributed by atoms with Gasteiger partial charge in [0.25, 0.3) is 0 Å². The molecule has 0 bridgehead atoms. The minimum absolute atomic E-state index is 0.710. The van der Waals surface area contributed by atoms with Crippen molar-refractivity contribution in [3.63, 3.8) is 0 Å². The van der Waals surface area contributed by atoms with Crippen LogP contribution in [0.3, 0.4) is 0 Å². The van der Waals surface area contributed by atoms with E-state index in [9.17, 15) is 31.1 Å². The first-order chi connectivity index (χ1) is 13.3. The van der Waals surface area contributed by atoms with Crippen molar-refractivity contribution in [1.29, 1.82) is 0 Å². The molecule has 29 heavy (non-hydrogen) atoms. The smallest absolute Gasteiger partial charge is 0.426 e. The number of alkyl halides is 3. The molecule has 1 aromatic rings. The highest BCUT2D eigenvalue weighted by Crippen LogP contribution is 2.60. The SMILES string of the molecule is COc1c(F)c(F)c(COC(=O)[C@H]2[C@@H](C=C(Cl)C(F)(F)F)C2(C)C)c(OC)c1F. The van der Waals surface area contributed by atoms with Crippen molar-refractivity contribution < 1.29 is 45.3 Å². The number of hydrogen-bond acceptors (Lipinski definition) is 4. The van der Waals surface area contributed by atoms with Crippen LogP contribution in [0.4, 0.5) is 26.3 Å². The zero-order chi connectivity index (χ0) is 22.3. The number of hydrogen-bond donors (Lipinski definition) is 0. The van der Waals surface area contributed by atoms with Crippen LogP contribution < -0.4 is 9.47 Å². The normalized spacial score (nSPS) is 21.0. The van der Waals surface area contributed by atoms with E-state index in [0.29, 0.717) is 6.08 Å². The monoisotopic (exact) mass is 446 g/mol. The fourth-order valence-electron chi connectivity index (χ4n) is 3.11. The minimum atomic E-state index is -4.76. The van der Waals surface area contributed by atoms with Gasteiger partial charge >= 0.3 is 12.1 Å². The molecular weight excluding hydrogens is 430 g/mol. The van der Waals surface area contributed by atoms with Gasteiger partial charge in [-0.25, -0.2) is 4.39 Å². The molecule has 1 aliphatic rings. The number of esters is 1. The van der Waals surface area contributed by atoms with Crippen molar-refractivity contribution in [2.45, 2.75) is 26.6 Å². The van der Waals surface area contributed by atoms with E-state index in [4.69, 9.17) is 21.1 Å². The number of carbonyl (C=O) groups excluding carboxylic acids is 1. The average molecular weight is 447 g/mol. The summed E-state index contributed by atoms with van der Waals surface area (Å²) in [5, 5.41) is -1.38. The lowest BCUT2D eigenvalue weighted by Gasteiger charge is -2.15. The molecule has 0 spiro atoms. The lowest BCUT2D eigenvalue weighted by atomic mass is 10.1. The van der Waals surface area contributed by atoms with Gasteiger partial charge in [-0.15, -0.1) is 0 Å². The lowest BCUT2D eigenvalue weighted by molar-refractivity contribution is -0.147. The molecule has 4 nitrogen and oxygen atoms in total. The van der Waals surface area contributed by atoms with E-state index < -0.39 is 75.5 Å². The molecule has 0 aliphatic heterocycles. The fourth-order valence-corrected chi connectivity index (χ4v) is 3.24. The Hall–Kier alpha value is -2.10. The summed E-state index contributed by atoms with van der Waals surface area (Å²) in [7, 11) is 1.92. The minimum Gasteiger partial charge on any atom is -0.493 e. The predicted octanol–water partition coefficient (Wildman–Crippen LogP) is 5.12. The highest BCUT2D eigenvalue weighted by molar-refractivity contribution is 6.30. The standard InChI is InChI=1S/C18H17ClF6O4/c1-17(2)8(5-9(19)18(23,24)25)10(17)16(26)29-6-7-11(20)12(21)15(28-4)13(22)14(7)27-3/h5,8,10H,6H2,1-4H3/t8-,10-/m1/s1. The maximum Gasteiger partial charge on any atom is 0.426 e. The third-order valence-corrected chi connectivity index (χ3v) is 5.20. The predicted molar refractivity (Wildman–Crippen MR) is 90.0 cm³/mol. The zero-order valence-corrected chi connectivity index (χ0v) is 16.5. The van der Waals surface area contributed by atoms with E-state index in [1.54, 1.807) is 0 Å². The Labute approximate surface area is 167 Å². The summed E-state index contributed by atoms with van der Waals surface area (Å²) in [6, 6.07) is 0. The Morgan fingerprint density at radius 1 is 1.07 bits per heavy atom. The van der Waals surface area contributed by atoms with Crippen LogP contribution in [0.15, 0.2) is 11.1 Å².